The molecule has 0 fully saturated rings. The zero-order valence-electron chi connectivity index (χ0n) is 17.9. The molecule has 0 aliphatic heterocycles. The van der Waals surface area contributed by atoms with Crippen molar-refractivity contribution in [2.24, 2.45) is 0 Å². The molecule has 0 bridgehead atoms. The van der Waals surface area contributed by atoms with Gasteiger partial charge in [-0.15, -0.1) is 11.3 Å². The van der Waals surface area contributed by atoms with E-state index in [0.717, 1.165) is 33.6 Å². The molecule has 1 N–H and O–H groups in total. The molecule has 7 heteroatoms. The third-order valence-corrected chi connectivity index (χ3v) is 7.51. The van der Waals surface area contributed by atoms with E-state index < -0.39 is 0 Å². The first kappa shape index (κ1) is 20.1. The van der Waals surface area contributed by atoms with Gasteiger partial charge in [-0.2, -0.15) is 0 Å². The number of hydrogen-bond acceptors (Lipinski definition) is 6. The van der Waals surface area contributed by atoms with Gasteiger partial charge in [0, 0.05) is 28.5 Å². The number of aromatic nitrogens is 2. The summed E-state index contributed by atoms with van der Waals surface area (Å²) in [7, 11) is 1.37. The molecule has 5 nitrogen and oxygen atoms in total. The van der Waals surface area contributed by atoms with E-state index in [1.165, 1.54) is 41.7 Å². The van der Waals surface area contributed by atoms with Gasteiger partial charge in [-0.1, -0.05) is 30.3 Å². The number of thiophene rings is 1. The Kier molecular flexibility index (Phi) is 4.73. The third-order valence-electron chi connectivity index (χ3n) is 6.32. The molecule has 0 saturated heterocycles. The van der Waals surface area contributed by atoms with Crippen LogP contribution in [0.15, 0.2) is 54.6 Å². The quantitative estimate of drug-likeness (QED) is 0.363. The summed E-state index contributed by atoms with van der Waals surface area (Å²) in [6, 6.07) is 13.6. The van der Waals surface area contributed by atoms with Gasteiger partial charge in [-0.05, 0) is 48.2 Å². The van der Waals surface area contributed by atoms with Gasteiger partial charge in [-0.3, -0.25) is 0 Å². The van der Waals surface area contributed by atoms with Gasteiger partial charge in [0.15, 0.2) is 5.82 Å². The van der Waals surface area contributed by atoms with Crippen molar-refractivity contribution in [2.45, 2.75) is 25.3 Å². The number of benzene rings is 2. The Labute approximate surface area is 194 Å². The Hall–Kier alpha value is -3.58. The van der Waals surface area contributed by atoms with E-state index in [1.807, 2.05) is 12.1 Å². The first-order valence-corrected chi connectivity index (χ1v) is 11.7. The van der Waals surface area contributed by atoms with Crippen molar-refractivity contribution in [1.82, 2.24) is 9.97 Å². The maximum Gasteiger partial charge on any atom is 0.337 e. The molecule has 1 atom stereocenters. The molecule has 2 heterocycles. The maximum atomic E-state index is 13.3. The first-order valence-electron chi connectivity index (χ1n) is 10.8. The van der Waals surface area contributed by atoms with Gasteiger partial charge >= 0.3 is 5.97 Å². The normalized spacial score (nSPS) is 16.1. The highest BCUT2D eigenvalue weighted by molar-refractivity contribution is 7.19. The summed E-state index contributed by atoms with van der Waals surface area (Å²) in [5.74, 6) is 1.28. The van der Waals surface area contributed by atoms with Crippen LogP contribution in [0, 0.1) is 5.82 Å². The molecular formula is C26H20FN3O2S. The minimum atomic E-state index is -0.377. The minimum Gasteiger partial charge on any atom is -0.465 e. The Morgan fingerprint density at radius 2 is 1.94 bits per heavy atom. The second kappa shape index (κ2) is 7.78. The summed E-state index contributed by atoms with van der Waals surface area (Å²) < 4.78 is 18.1. The summed E-state index contributed by atoms with van der Waals surface area (Å²) in [6.07, 6.45) is 4.62. The molecule has 164 valence electrons. The van der Waals surface area contributed by atoms with Gasteiger partial charge in [0.05, 0.1) is 18.1 Å². The van der Waals surface area contributed by atoms with Crippen molar-refractivity contribution in [3.8, 4) is 11.4 Å². The van der Waals surface area contributed by atoms with E-state index in [4.69, 9.17) is 14.7 Å². The maximum absolute atomic E-state index is 13.3. The predicted molar refractivity (Wildman–Crippen MR) is 128 cm³/mol. The zero-order valence-corrected chi connectivity index (χ0v) is 18.7. The number of carbonyl (C=O) groups excluding carboxylic acids is 1. The highest BCUT2D eigenvalue weighted by Gasteiger charge is 2.39. The van der Waals surface area contributed by atoms with Crippen LogP contribution in [0.2, 0.25) is 0 Å². The van der Waals surface area contributed by atoms with E-state index in [9.17, 15) is 9.18 Å². The molecule has 4 aromatic rings. The molecule has 2 aromatic carbocycles. The predicted octanol–water partition coefficient (Wildman–Crippen LogP) is 6.17. The highest BCUT2D eigenvalue weighted by atomic mass is 32.1. The summed E-state index contributed by atoms with van der Waals surface area (Å²) in [6.45, 7) is 0.528. The topological polar surface area (TPSA) is 64.1 Å². The molecular weight excluding hydrogens is 437 g/mol. The van der Waals surface area contributed by atoms with E-state index in [-0.39, 0.29) is 11.8 Å². The van der Waals surface area contributed by atoms with Gasteiger partial charge in [0.1, 0.15) is 16.5 Å². The number of esters is 1. The lowest BCUT2D eigenvalue weighted by Gasteiger charge is -2.26. The summed E-state index contributed by atoms with van der Waals surface area (Å²) in [5.41, 5.74) is 4.98. The molecule has 0 spiro atoms. The number of halogens is 1. The van der Waals surface area contributed by atoms with Crippen molar-refractivity contribution in [1.29, 1.82) is 0 Å². The van der Waals surface area contributed by atoms with Gasteiger partial charge in [0.2, 0.25) is 0 Å². The van der Waals surface area contributed by atoms with Crippen molar-refractivity contribution < 1.29 is 13.9 Å². The van der Waals surface area contributed by atoms with Gasteiger partial charge < -0.3 is 10.1 Å². The number of carbonyl (C=O) groups is 1. The molecule has 33 heavy (non-hydrogen) atoms. The second-order valence-corrected chi connectivity index (χ2v) is 9.29. The zero-order chi connectivity index (χ0) is 22.5. The van der Waals surface area contributed by atoms with Crippen LogP contribution < -0.4 is 5.32 Å². The number of anilines is 1. The summed E-state index contributed by atoms with van der Waals surface area (Å²) >= 11 is 1.74. The Morgan fingerprint density at radius 1 is 1.15 bits per heavy atom. The van der Waals surface area contributed by atoms with Crippen LogP contribution in [0.5, 0.6) is 0 Å². The van der Waals surface area contributed by atoms with Crippen molar-refractivity contribution >= 4 is 38.9 Å². The number of nitrogens with one attached hydrogen (secondary N) is 1. The number of nitrogens with zero attached hydrogens (tertiary/aromatic N) is 2. The summed E-state index contributed by atoms with van der Waals surface area (Å²) in [4.78, 5) is 23.9. The molecule has 2 aliphatic rings. The van der Waals surface area contributed by atoms with E-state index in [0.29, 0.717) is 23.9 Å². The lowest BCUT2D eigenvalue weighted by molar-refractivity contribution is 0.0600. The average molecular weight is 458 g/mol. The van der Waals surface area contributed by atoms with Crippen LogP contribution in [-0.2, 0) is 11.3 Å². The van der Waals surface area contributed by atoms with E-state index >= 15 is 0 Å². The SMILES string of the molecule is COC(=O)c1ccc(-c2nc(NCc3ccc(F)cc3)c3c4c(sc3n2)C2CCC=C42)cc1. The number of fused-ring (bicyclic) bond motifs is 6. The molecule has 1 unspecified atom stereocenters. The fourth-order valence-electron chi connectivity index (χ4n) is 4.64. The summed E-state index contributed by atoms with van der Waals surface area (Å²) in [5, 5.41) is 4.54. The monoisotopic (exact) mass is 457 g/mol. The highest BCUT2D eigenvalue weighted by Crippen LogP contribution is 2.59. The molecule has 6 rings (SSSR count). The average Bonchev–Trinajstić information content (AvgIpc) is 3.40. The van der Waals surface area contributed by atoms with Crippen molar-refractivity contribution in [3.05, 3.63) is 82.0 Å². The van der Waals surface area contributed by atoms with E-state index in [2.05, 4.69) is 11.4 Å². The standard InChI is InChI=1S/C26H20FN3O2S/c1-32-26(31)16-9-7-15(8-10-16)23-29-24(28-13-14-5-11-17(27)12-6-14)21-20-18-3-2-4-19(18)22(20)33-25(21)30-23/h3,5-12,19H,2,4,13H2,1H3,(H,28,29,30). The molecule has 2 aromatic heterocycles. The molecule has 0 radical (unpaired) electrons. The largest absolute Gasteiger partial charge is 0.465 e. The second-order valence-electron chi connectivity index (χ2n) is 8.26. The molecule has 0 saturated carbocycles. The fraction of sp³-hybridized carbons (Fsp3) is 0.192. The lowest BCUT2D eigenvalue weighted by Crippen LogP contribution is -2.10. The lowest BCUT2D eigenvalue weighted by atomic mass is 9.80. The Morgan fingerprint density at radius 3 is 2.70 bits per heavy atom. The third kappa shape index (κ3) is 3.31. The van der Waals surface area contributed by atoms with Gasteiger partial charge in [0.25, 0.3) is 0 Å². The van der Waals surface area contributed by atoms with Crippen LogP contribution in [-0.4, -0.2) is 23.0 Å². The van der Waals surface area contributed by atoms with Crippen LogP contribution in [0.1, 0.15) is 45.1 Å². The van der Waals surface area contributed by atoms with Crippen LogP contribution in [0.3, 0.4) is 0 Å². The smallest absolute Gasteiger partial charge is 0.337 e. The molecule has 0 amide bonds. The van der Waals surface area contributed by atoms with Crippen LogP contribution in [0.25, 0.3) is 27.2 Å². The number of ether oxygens (including phenoxy) is 1. The van der Waals surface area contributed by atoms with Gasteiger partial charge in [-0.25, -0.2) is 19.2 Å². The van der Waals surface area contributed by atoms with Crippen molar-refractivity contribution in [3.63, 3.8) is 0 Å². The number of rotatable bonds is 5. The fourth-order valence-corrected chi connectivity index (χ4v) is 5.99. The first-order chi connectivity index (χ1) is 16.1. The number of hydrogen-bond donors (Lipinski definition) is 1. The van der Waals surface area contributed by atoms with Crippen molar-refractivity contribution in [2.75, 3.05) is 12.4 Å². The molecule has 2 aliphatic carbocycles. The van der Waals surface area contributed by atoms with Crippen LogP contribution in [0.4, 0.5) is 10.2 Å². The number of allylic oxidation sites excluding steroid dienone is 2. The van der Waals surface area contributed by atoms with E-state index in [1.54, 1.807) is 35.6 Å². The minimum absolute atomic E-state index is 0.251. The Balaban J connectivity index is 1.42. The number of methoxy groups -OCH3 is 1. The Bertz CT molecular complexity index is 1420. The van der Waals surface area contributed by atoms with Crippen LogP contribution >= 0.6 is 11.3 Å².